The molecule has 9 heteroatoms. The Morgan fingerprint density at radius 3 is 2.55 bits per heavy atom. The van der Waals surface area contributed by atoms with E-state index in [-0.39, 0.29) is 5.69 Å². The fourth-order valence-electron chi connectivity index (χ4n) is 4.16. The van der Waals surface area contributed by atoms with Gasteiger partial charge in [-0.2, -0.15) is 0 Å². The second-order valence-electron chi connectivity index (χ2n) is 8.85. The van der Waals surface area contributed by atoms with Crippen LogP contribution in [-0.2, 0) is 4.74 Å². The zero-order chi connectivity index (χ0) is 22.3. The van der Waals surface area contributed by atoms with Crippen LogP contribution in [-0.4, -0.2) is 53.9 Å². The van der Waals surface area contributed by atoms with Crippen molar-refractivity contribution >= 4 is 42.3 Å². The third-order valence-electron chi connectivity index (χ3n) is 5.60. The lowest BCUT2D eigenvalue weighted by Crippen LogP contribution is -2.43. The molecule has 7 nitrogen and oxygen atoms in total. The smallest absolute Gasteiger partial charge is 0.356 e. The Morgan fingerprint density at radius 1 is 1.19 bits per heavy atom. The molecule has 31 heavy (non-hydrogen) atoms. The van der Waals surface area contributed by atoms with Crippen molar-refractivity contribution in [1.29, 1.82) is 0 Å². The minimum Gasteiger partial charge on any atom is -0.464 e. The van der Waals surface area contributed by atoms with Gasteiger partial charge < -0.3 is 14.7 Å². The van der Waals surface area contributed by atoms with Crippen LogP contribution in [0.5, 0.6) is 0 Å². The van der Waals surface area contributed by atoms with Crippen molar-refractivity contribution in [3.63, 3.8) is 0 Å². The maximum atomic E-state index is 12.0. The van der Waals surface area contributed by atoms with Crippen molar-refractivity contribution < 1.29 is 14.6 Å². The molecule has 1 aliphatic heterocycles. The number of methoxy groups -OCH3 is 1. The summed E-state index contributed by atoms with van der Waals surface area (Å²) in [6, 6.07) is 8.77. The molecule has 1 N–H and O–H groups in total. The van der Waals surface area contributed by atoms with E-state index in [1.807, 2.05) is 16.6 Å². The van der Waals surface area contributed by atoms with E-state index in [1.165, 1.54) is 7.11 Å². The zero-order valence-corrected chi connectivity index (χ0v) is 20.0. The van der Waals surface area contributed by atoms with Crippen molar-refractivity contribution in [1.82, 2.24) is 14.6 Å². The molecule has 0 amide bonds. The molecule has 0 radical (unpaired) electrons. The lowest BCUT2D eigenvalue weighted by atomic mass is 10.1. The number of carbonyl (C=O) groups excluding carboxylic acids is 1. The van der Waals surface area contributed by atoms with Gasteiger partial charge in [0.15, 0.2) is 5.82 Å². The second kappa shape index (κ2) is 8.25. The summed E-state index contributed by atoms with van der Waals surface area (Å²) in [5.41, 5.74) is 2.03. The van der Waals surface area contributed by atoms with Crippen LogP contribution in [0.3, 0.4) is 0 Å². The summed E-state index contributed by atoms with van der Waals surface area (Å²) in [5.74, 6) is 0.207. The van der Waals surface area contributed by atoms with E-state index >= 15 is 0 Å². The topological polar surface area (TPSA) is 80.0 Å². The number of aromatic nitrogens is 3. The van der Waals surface area contributed by atoms with Crippen molar-refractivity contribution in [2.75, 3.05) is 25.1 Å². The SMILES string of the molecule is COC(=O)c1cccc(C(O)c2c(N3CCCC3)nn3c([Si](C)(C)C)c(Cl)ccc23)n1. The Kier molecular flexibility index (Phi) is 5.80. The number of hydrogen-bond donors (Lipinski definition) is 1. The molecule has 1 unspecified atom stereocenters. The number of aliphatic hydroxyl groups is 1. The first kappa shape index (κ1) is 21.8. The third kappa shape index (κ3) is 3.95. The second-order valence-corrected chi connectivity index (χ2v) is 14.2. The van der Waals surface area contributed by atoms with E-state index < -0.39 is 20.1 Å². The summed E-state index contributed by atoms with van der Waals surface area (Å²) in [5, 5.41) is 18.1. The highest BCUT2D eigenvalue weighted by Crippen LogP contribution is 2.35. The number of anilines is 1. The number of carbonyl (C=O) groups is 1. The van der Waals surface area contributed by atoms with Crippen molar-refractivity contribution in [3.8, 4) is 0 Å². The quantitative estimate of drug-likeness (QED) is 0.466. The van der Waals surface area contributed by atoms with Gasteiger partial charge in [0, 0.05) is 18.4 Å². The van der Waals surface area contributed by atoms with Gasteiger partial charge in [0.05, 0.1) is 28.9 Å². The summed E-state index contributed by atoms with van der Waals surface area (Å²) in [7, 11) is -0.532. The normalized spacial score (nSPS) is 15.5. The highest BCUT2D eigenvalue weighted by Gasteiger charge is 2.31. The number of rotatable bonds is 5. The minimum absolute atomic E-state index is 0.157. The molecule has 1 atom stereocenters. The molecule has 1 fully saturated rings. The maximum absolute atomic E-state index is 12.0. The standard InChI is InChI=1S/C22H27ClN4O3Si/c1-30-22(29)16-9-7-8-15(24-16)19(28)18-17-11-10-14(23)21(31(2,3)4)27(17)25-20(18)26-12-5-6-13-26/h7-11,19,28H,5-6,12-13H2,1-4H3. The van der Waals surface area contributed by atoms with Gasteiger partial charge in [-0.1, -0.05) is 37.3 Å². The van der Waals surface area contributed by atoms with Gasteiger partial charge >= 0.3 is 5.97 Å². The fraction of sp³-hybridized carbons (Fsp3) is 0.409. The predicted octanol–water partition coefficient (Wildman–Crippen LogP) is 3.40. The predicted molar refractivity (Wildman–Crippen MR) is 124 cm³/mol. The lowest BCUT2D eigenvalue weighted by molar-refractivity contribution is 0.0593. The van der Waals surface area contributed by atoms with Crippen molar-refractivity contribution in [2.24, 2.45) is 0 Å². The van der Waals surface area contributed by atoms with Gasteiger partial charge in [-0.15, -0.1) is 5.10 Å². The Hall–Kier alpha value is -2.42. The first-order chi connectivity index (χ1) is 14.7. The lowest BCUT2D eigenvalue weighted by Gasteiger charge is -2.20. The van der Waals surface area contributed by atoms with Crippen LogP contribution < -0.4 is 10.2 Å². The van der Waals surface area contributed by atoms with E-state index in [1.54, 1.807) is 18.2 Å². The van der Waals surface area contributed by atoms with Crippen LogP contribution in [0.15, 0.2) is 30.3 Å². The van der Waals surface area contributed by atoms with Gasteiger partial charge in [0.25, 0.3) is 0 Å². The first-order valence-corrected chi connectivity index (χ1v) is 14.3. The number of hydrogen-bond acceptors (Lipinski definition) is 6. The molecule has 3 aromatic rings. The molecule has 0 aromatic carbocycles. The number of halogens is 1. The van der Waals surface area contributed by atoms with Crippen LogP contribution in [0.1, 0.15) is 40.7 Å². The van der Waals surface area contributed by atoms with E-state index in [9.17, 15) is 9.90 Å². The molecule has 0 aliphatic carbocycles. The summed E-state index contributed by atoms with van der Waals surface area (Å²) in [6.45, 7) is 8.44. The third-order valence-corrected chi connectivity index (χ3v) is 7.97. The molecule has 0 saturated carbocycles. The molecule has 0 bridgehead atoms. The molecule has 1 aliphatic rings. The molecule has 3 aromatic heterocycles. The molecular formula is C22H27ClN4O3Si. The summed E-state index contributed by atoms with van der Waals surface area (Å²) < 4.78 is 6.69. The molecule has 1 saturated heterocycles. The highest BCUT2D eigenvalue weighted by atomic mass is 35.5. The van der Waals surface area contributed by atoms with Crippen molar-refractivity contribution in [2.45, 2.75) is 38.6 Å². The average Bonchev–Trinajstić information content (AvgIpc) is 3.39. The van der Waals surface area contributed by atoms with E-state index in [0.717, 1.165) is 42.6 Å². The van der Waals surface area contributed by atoms with Crippen LogP contribution in [0.2, 0.25) is 24.7 Å². The van der Waals surface area contributed by atoms with Gasteiger partial charge in [-0.3, -0.25) is 0 Å². The van der Waals surface area contributed by atoms with Crippen LogP contribution >= 0.6 is 11.6 Å². The Morgan fingerprint density at radius 2 is 1.90 bits per heavy atom. The van der Waals surface area contributed by atoms with Gasteiger partial charge in [-0.05, 0) is 37.1 Å². The zero-order valence-electron chi connectivity index (χ0n) is 18.2. The molecule has 4 rings (SSSR count). The highest BCUT2D eigenvalue weighted by molar-refractivity contribution is 6.89. The number of pyridine rings is 2. The minimum atomic E-state index is -1.84. The number of ether oxygens (including phenoxy) is 1. The van der Waals surface area contributed by atoms with Gasteiger partial charge in [-0.25, -0.2) is 14.3 Å². The van der Waals surface area contributed by atoms with Crippen molar-refractivity contribution in [3.05, 3.63) is 52.3 Å². The first-order valence-electron chi connectivity index (χ1n) is 10.4. The van der Waals surface area contributed by atoms with E-state index in [0.29, 0.717) is 16.3 Å². The Balaban J connectivity index is 1.94. The Labute approximate surface area is 187 Å². The summed E-state index contributed by atoms with van der Waals surface area (Å²) in [6.07, 6.45) is 1.12. The fourth-order valence-corrected chi connectivity index (χ4v) is 6.76. The molecule has 4 heterocycles. The van der Waals surface area contributed by atoms with Gasteiger partial charge in [0.2, 0.25) is 0 Å². The van der Waals surface area contributed by atoms with Crippen LogP contribution in [0.4, 0.5) is 5.82 Å². The summed E-state index contributed by atoms with van der Waals surface area (Å²) >= 11 is 6.61. The van der Waals surface area contributed by atoms with Crippen LogP contribution in [0, 0.1) is 0 Å². The average molecular weight is 459 g/mol. The Bertz CT molecular complexity index is 1140. The largest absolute Gasteiger partial charge is 0.464 e. The number of fused-ring (bicyclic) bond motifs is 1. The number of nitrogens with zero attached hydrogens (tertiary/aromatic N) is 4. The monoisotopic (exact) mass is 458 g/mol. The maximum Gasteiger partial charge on any atom is 0.356 e. The van der Waals surface area contributed by atoms with E-state index in [4.69, 9.17) is 21.4 Å². The van der Waals surface area contributed by atoms with Crippen LogP contribution in [0.25, 0.3) is 5.52 Å². The number of aliphatic hydroxyl groups excluding tert-OH is 1. The molecule has 164 valence electrons. The van der Waals surface area contributed by atoms with Gasteiger partial charge in [0.1, 0.15) is 19.9 Å². The summed E-state index contributed by atoms with van der Waals surface area (Å²) in [4.78, 5) is 18.5. The molecular weight excluding hydrogens is 432 g/mol. The number of esters is 1. The molecule has 0 spiro atoms. The van der Waals surface area contributed by atoms with E-state index in [2.05, 4.69) is 29.5 Å².